The van der Waals surface area contributed by atoms with Crippen LogP contribution < -0.4 is 14.4 Å². The molecule has 0 spiro atoms. The number of hydrogen-bond acceptors (Lipinski definition) is 6. The first kappa shape index (κ1) is 24.3. The normalized spacial score (nSPS) is 15.1. The number of aryl methyl sites for hydroxylation is 2. The number of para-hydroxylation sites is 2. The summed E-state index contributed by atoms with van der Waals surface area (Å²) in [5, 5.41) is 2.77. The van der Waals surface area contributed by atoms with Gasteiger partial charge in [-0.1, -0.05) is 35.9 Å². The monoisotopic (exact) mass is 494 g/mol. The molecule has 3 aromatic carbocycles. The highest BCUT2D eigenvalue weighted by molar-refractivity contribution is 7.92. The van der Waals surface area contributed by atoms with Crippen LogP contribution in [0.1, 0.15) is 28.4 Å². The first-order chi connectivity index (χ1) is 16.7. The molecule has 0 fully saturated rings. The summed E-state index contributed by atoms with van der Waals surface area (Å²) in [7, 11) is -3.95. The zero-order chi connectivity index (χ0) is 25.2. The Morgan fingerprint density at radius 3 is 2.49 bits per heavy atom. The minimum absolute atomic E-state index is 0.122. The molecule has 1 aliphatic rings. The molecule has 0 saturated heterocycles. The van der Waals surface area contributed by atoms with Gasteiger partial charge < -0.3 is 14.8 Å². The maximum absolute atomic E-state index is 13.5. The Morgan fingerprint density at radius 1 is 1.06 bits per heavy atom. The van der Waals surface area contributed by atoms with Crippen LogP contribution in [0.3, 0.4) is 0 Å². The van der Waals surface area contributed by atoms with Crippen molar-refractivity contribution >= 4 is 33.3 Å². The van der Waals surface area contributed by atoms with E-state index in [4.69, 9.17) is 9.47 Å². The van der Waals surface area contributed by atoms with E-state index in [1.807, 2.05) is 6.92 Å². The number of benzene rings is 3. The van der Waals surface area contributed by atoms with Gasteiger partial charge in [0.05, 0.1) is 29.3 Å². The number of carbonyl (C=O) groups excluding carboxylic acids is 2. The number of esters is 1. The van der Waals surface area contributed by atoms with Crippen molar-refractivity contribution in [3.05, 3.63) is 83.4 Å². The second kappa shape index (κ2) is 9.79. The van der Waals surface area contributed by atoms with Gasteiger partial charge in [0.15, 0.2) is 6.10 Å². The highest BCUT2D eigenvalue weighted by Crippen LogP contribution is 2.37. The van der Waals surface area contributed by atoms with Crippen molar-refractivity contribution in [3.8, 4) is 5.75 Å². The Kier molecular flexibility index (Phi) is 6.79. The summed E-state index contributed by atoms with van der Waals surface area (Å²) in [5.74, 6) is -0.750. The van der Waals surface area contributed by atoms with E-state index in [0.29, 0.717) is 16.9 Å². The van der Waals surface area contributed by atoms with Gasteiger partial charge in [-0.25, -0.2) is 13.2 Å². The Labute approximate surface area is 204 Å². The number of amides is 1. The number of carbonyl (C=O) groups is 2. The smallest absolute Gasteiger partial charge is 0.338 e. The van der Waals surface area contributed by atoms with E-state index in [0.717, 1.165) is 11.1 Å². The predicted octanol–water partition coefficient (Wildman–Crippen LogP) is 4.08. The van der Waals surface area contributed by atoms with Crippen LogP contribution in [-0.2, 0) is 19.6 Å². The molecule has 8 nitrogen and oxygen atoms in total. The van der Waals surface area contributed by atoms with Crippen LogP contribution in [0.15, 0.2) is 71.6 Å². The zero-order valence-electron chi connectivity index (χ0n) is 19.6. The van der Waals surface area contributed by atoms with E-state index in [9.17, 15) is 18.0 Å². The molecule has 1 N–H and O–H groups in total. The van der Waals surface area contributed by atoms with Gasteiger partial charge in [-0.15, -0.1) is 0 Å². The van der Waals surface area contributed by atoms with Gasteiger partial charge in [-0.2, -0.15) is 0 Å². The Bertz CT molecular complexity index is 1370. The molecular weight excluding hydrogens is 468 g/mol. The van der Waals surface area contributed by atoms with Crippen LogP contribution >= 0.6 is 0 Å². The maximum Gasteiger partial charge on any atom is 0.338 e. The van der Waals surface area contributed by atoms with E-state index in [1.54, 1.807) is 74.5 Å². The Balaban J connectivity index is 1.63. The van der Waals surface area contributed by atoms with Gasteiger partial charge in [0, 0.05) is 5.69 Å². The second-order valence-electron chi connectivity index (χ2n) is 8.16. The van der Waals surface area contributed by atoms with Crippen LogP contribution in [0, 0.1) is 13.8 Å². The number of ether oxygens (including phenoxy) is 2. The number of fused-ring (bicyclic) bond motifs is 1. The summed E-state index contributed by atoms with van der Waals surface area (Å²) in [4.78, 5) is 25.4. The minimum atomic E-state index is -3.95. The molecule has 0 aromatic heterocycles. The molecule has 1 aliphatic heterocycles. The Hall–Kier alpha value is -3.85. The van der Waals surface area contributed by atoms with Crippen molar-refractivity contribution in [2.45, 2.75) is 31.8 Å². The quantitative estimate of drug-likeness (QED) is 0.518. The van der Waals surface area contributed by atoms with Crippen molar-refractivity contribution in [1.82, 2.24) is 0 Å². The largest absolute Gasteiger partial charge is 0.476 e. The topological polar surface area (TPSA) is 102 Å². The van der Waals surface area contributed by atoms with Crippen molar-refractivity contribution < 1.29 is 27.5 Å². The fourth-order valence-corrected chi connectivity index (χ4v) is 5.19. The number of nitrogens with zero attached hydrogens (tertiary/aromatic N) is 1. The fourth-order valence-electron chi connectivity index (χ4n) is 3.72. The first-order valence-electron chi connectivity index (χ1n) is 11.1. The Morgan fingerprint density at radius 2 is 1.77 bits per heavy atom. The van der Waals surface area contributed by atoms with Crippen LogP contribution in [0.4, 0.5) is 11.4 Å². The molecule has 0 aliphatic carbocycles. The lowest BCUT2D eigenvalue weighted by Gasteiger charge is -2.34. The summed E-state index contributed by atoms with van der Waals surface area (Å²) in [6.45, 7) is 5.39. The van der Waals surface area contributed by atoms with Gasteiger partial charge in [0.25, 0.3) is 15.9 Å². The highest BCUT2D eigenvalue weighted by atomic mass is 32.2. The van der Waals surface area contributed by atoms with E-state index in [-0.39, 0.29) is 23.8 Å². The highest BCUT2D eigenvalue weighted by Gasteiger charge is 2.37. The molecule has 9 heteroatoms. The van der Waals surface area contributed by atoms with Crippen molar-refractivity contribution in [2.75, 3.05) is 22.8 Å². The molecule has 0 radical (unpaired) electrons. The molecule has 182 valence electrons. The van der Waals surface area contributed by atoms with Gasteiger partial charge in [0.1, 0.15) is 5.75 Å². The summed E-state index contributed by atoms with van der Waals surface area (Å²) in [5.41, 5.74) is 2.73. The molecular formula is C26H26N2O6S. The second-order valence-corrected chi connectivity index (χ2v) is 10.0. The molecule has 3 aromatic rings. The van der Waals surface area contributed by atoms with E-state index >= 15 is 0 Å². The third-order valence-electron chi connectivity index (χ3n) is 5.64. The number of sulfonamides is 1. The molecule has 35 heavy (non-hydrogen) atoms. The minimum Gasteiger partial charge on any atom is -0.476 e. The number of rotatable bonds is 6. The summed E-state index contributed by atoms with van der Waals surface area (Å²) in [6, 6.07) is 18.1. The third kappa shape index (κ3) is 5.00. The first-order valence-corrected chi connectivity index (χ1v) is 12.6. The summed E-state index contributed by atoms with van der Waals surface area (Å²) in [6.07, 6.45) is -1.12. The molecule has 0 saturated carbocycles. The zero-order valence-corrected chi connectivity index (χ0v) is 20.5. The van der Waals surface area contributed by atoms with Crippen molar-refractivity contribution in [1.29, 1.82) is 0 Å². The average molecular weight is 495 g/mol. The molecule has 0 bridgehead atoms. The molecule has 1 atom stereocenters. The van der Waals surface area contributed by atoms with Crippen LogP contribution in [-0.4, -0.2) is 39.5 Å². The summed E-state index contributed by atoms with van der Waals surface area (Å²) >= 11 is 0. The molecule has 1 heterocycles. The number of anilines is 2. The molecule has 4 rings (SSSR count). The lowest BCUT2D eigenvalue weighted by atomic mass is 10.1. The molecule has 0 unspecified atom stereocenters. The SMILES string of the molecule is CCOC(=O)c1ccc(C)c(NC(=O)[C@@H]2CN(S(=O)(=O)c3ccc(C)cc3)c3ccccc3O2)c1. The fraction of sp³-hybridized carbons (Fsp3) is 0.231. The van der Waals surface area contributed by atoms with Crippen LogP contribution in [0.25, 0.3) is 0 Å². The van der Waals surface area contributed by atoms with Crippen LogP contribution in [0.5, 0.6) is 5.75 Å². The van der Waals surface area contributed by atoms with Gasteiger partial charge in [0.2, 0.25) is 0 Å². The number of nitrogens with one attached hydrogen (secondary N) is 1. The van der Waals surface area contributed by atoms with E-state index in [2.05, 4.69) is 5.32 Å². The maximum atomic E-state index is 13.5. The third-order valence-corrected chi connectivity index (χ3v) is 7.44. The lowest BCUT2D eigenvalue weighted by molar-refractivity contribution is -0.122. The van der Waals surface area contributed by atoms with Crippen LogP contribution in [0.2, 0.25) is 0 Å². The predicted molar refractivity (Wildman–Crippen MR) is 132 cm³/mol. The summed E-state index contributed by atoms with van der Waals surface area (Å²) < 4.78 is 39.1. The molecule has 1 amide bonds. The van der Waals surface area contributed by atoms with E-state index < -0.39 is 28.0 Å². The van der Waals surface area contributed by atoms with Gasteiger partial charge in [-0.3, -0.25) is 9.10 Å². The standard InChI is InChI=1S/C26H26N2O6S/c1-4-33-26(30)19-12-11-18(3)21(15-19)27-25(29)24-16-28(22-7-5-6-8-23(22)34-24)35(31,32)20-13-9-17(2)10-14-20/h5-15,24H,4,16H2,1-3H3,(H,27,29)/t24-/m0/s1. The van der Waals surface area contributed by atoms with Crippen molar-refractivity contribution in [2.24, 2.45) is 0 Å². The average Bonchev–Trinajstić information content (AvgIpc) is 2.85. The lowest BCUT2D eigenvalue weighted by Crippen LogP contribution is -2.48. The van der Waals surface area contributed by atoms with E-state index in [1.165, 1.54) is 10.4 Å². The van der Waals surface area contributed by atoms with Gasteiger partial charge >= 0.3 is 5.97 Å². The van der Waals surface area contributed by atoms with Gasteiger partial charge in [-0.05, 0) is 62.7 Å². The van der Waals surface area contributed by atoms with Crippen molar-refractivity contribution in [3.63, 3.8) is 0 Å². The number of hydrogen-bond donors (Lipinski definition) is 1.